The number of carbonyl (C=O) groups is 2. The number of amides is 2. The van der Waals surface area contributed by atoms with E-state index in [1.54, 1.807) is 7.11 Å². The highest BCUT2D eigenvalue weighted by atomic mass is 16.5. The fourth-order valence-corrected chi connectivity index (χ4v) is 4.51. The van der Waals surface area contributed by atoms with Crippen LogP contribution in [0.5, 0.6) is 11.5 Å². The number of nitrogens with zero attached hydrogens (tertiary/aromatic N) is 2. The van der Waals surface area contributed by atoms with Crippen molar-refractivity contribution in [2.45, 2.75) is 39.5 Å². The van der Waals surface area contributed by atoms with E-state index >= 15 is 0 Å². The van der Waals surface area contributed by atoms with Crippen LogP contribution in [0.4, 0.5) is 0 Å². The topological polar surface area (TPSA) is 68.3 Å². The molecule has 2 heterocycles. The summed E-state index contributed by atoms with van der Waals surface area (Å²) in [5.74, 6) is 0.760. The number of morpholine rings is 1. The number of imide groups is 1. The molecule has 4 rings (SSSR count). The van der Waals surface area contributed by atoms with E-state index in [1.165, 1.54) is 4.90 Å². The Balaban J connectivity index is 1.74. The third-order valence-electron chi connectivity index (χ3n) is 5.85. The van der Waals surface area contributed by atoms with E-state index in [-0.39, 0.29) is 30.6 Å². The fourth-order valence-electron chi connectivity index (χ4n) is 4.51. The Bertz CT molecular complexity index is 1050. The highest BCUT2D eigenvalue weighted by Gasteiger charge is 2.43. The molecule has 0 bridgehead atoms. The summed E-state index contributed by atoms with van der Waals surface area (Å²) in [7, 11) is 1.58. The summed E-state index contributed by atoms with van der Waals surface area (Å²) in [4.78, 5) is 30.7. The van der Waals surface area contributed by atoms with Crippen LogP contribution in [-0.2, 0) is 20.9 Å². The molecular formula is C26H30N2O5. The van der Waals surface area contributed by atoms with E-state index in [2.05, 4.69) is 0 Å². The van der Waals surface area contributed by atoms with Gasteiger partial charge in [0.05, 0.1) is 38.0 Å². The smallest absolute Gasteiger partial charge is 0.278 e. The van der Waals surface area contributed by atoms with Crippen LogP contribution in [0.1, 0.15) is 31.9 Å². The predicted molar refractivity (Wildman–Crippen MR) is 125 cm³/mol. The molecule has 0 radical (unpaired) electrons. The summed E-state index contributed by atoms with van der Waals surface area (Å²) in [6, 6.07) is 14.8. The van der Waals surface area contributed by atoms with Gasteiger partial charge in [0, 0.05) is 18.7 Å². The van der Waals surface area contributed by atoms with Crippen LogP contribution in [0.3, 0.4) is 0 Å². The van der Waals surface area contributed by atoms with Crippen LogP contribution in [0.15, 0.2) is 54.2 Å². The van der Waals surface area contributed by atoms with E-state index in [0.29, 0.717) is 42.3 Å². The Morgan fingerprint density at radius 1 is 0.970 bits per heavy atom. The Labute approximate surface area is 194 Å². The summed E-state index contributed by atoms with van der Waals surface area (Å²) < 4.78 is 16.9. The largest absolute Gasteiger partial charge is 0.496 e. The number of rotatable bonds is 7. The molecule has 33 heavy (non-hydrogen) atoms. The number of methoxy groups -OCH3 is 1. The molecule has 2 aliphatic rings. The highest BCUT2D eigenvalue weighted by Crippen LogP contribution is 2.35. The first-order valence-electron chi connectivity index (χ1n) is 11.3. The minimum Gasteiger partial charge on any atom is -0.496 e. The lowest BCUT2D eigenvalue weighted by Gasteiger charge is -2.37. The second-order valence-corrected chi connectivity index (χ2v) is 8.35. The molecule has 1 fully saturated rings. The maximum absolute atomic E-state index is 13.7. The SMILES string of the molecule is CCOc1ccc(C2=C(N3CC(C)OC(C)C3)C(=O)N(Cc3ccccc3OC)C2=O)cc1. The van der Waals surface area contributed by atoms with Gasteiger partial charge in [-0.3, -0.25) is 14.5 Å². The average Bonchev–Trinajstić information content (AvgIpc) is 3.04. The van der Waals surface area contributed by atoms with Crippen LogP contribution >= 0.6 is 0 Å². The molecule has 0 saturated carbocycles. The Morgan fingerprint density at radius 2 is 1.64 bits per heavy atom. The van der Waals surface area contributed by atoms with Gasteiger partial charge in [-0.15, -0.1) is 0 Å². The van der Waals surface area contributed by atoms with Crippen molar-refractivity contribution in [2.24, 2.45) is 0 Å². The van der Waals surface area contributed by atoms with Crippen LogP contribution in [0, 0.1) is 0 Å². The quantitative estimate of drug-likeness (QED) is 0.602. The first kappa shape index (κ1) is 22.9. The van der Waals surface area contributed by atoms with Gasteiger partial charge in [-0.2, -0.15) is 0 Å². The van der Waals surface area contributed by atoms with Gasteiger partial charge in [-0.05, 0) is 44.5 Å². The summed E-state index contributed by atoms with van der Waals surface area (Å²) in [5.41, 5.74) is 2.32. The lowest BCUT2D eigenvalue weighted by Crippen LogP contribution is -2.46. The van der Waals surface area contributed by atoms with Crippen LogP contribution < -0.4 is 9.47 Å². The zero-order valence-electron chi connectivity index (χ0n) is 19.5. The van der Waals surface area contributed by atoms with Gasteiger partial charge >= 0.3 is 0 Å². The molecule has 7 nitrogen and oxygen atoms in total. The van der Waals surface area contributed by atoms with Gasteiger partial charge in [-0.1, -0.05) is 30.3 Å². The summed E-state index contributed by atoms with van der Waals surface area (Å²) in [6.07, 6.45) is -0.0944. The normalized spacial score (nSPS) is 21.1. The predicted octanol–water partition coefficient (Wildman–Crippen LogP) is 3.48. The van der Waals surface area contributed by atoms with Gasteiger partial charge < -0.3 is 19.1 Å². The van der Waals surface area contributed by atoms with E-state index in [9.17, 15) is 9.59 Å². The minimum absolute atomic E-state index is 0.0472. The van der Waals surface area contributed by atoms with Gasteiger partial charge in [0.1, 0.15) is 17.2 Å². The highest BCUT2D eigenvalue weighted by molar-refractivity contribution is 6.35. The Morgan fingerprint density at radius 3 is 2.27 bits per heavy atom. The molecule has 2 amide bonds. The molecule has 0 aromatic heterocycles. The monoisotopic (exact) mass is 450 g/mol. The van der Waals surface area contributed by atoms with Crippen molar-refractivity contribution in [3.8, 4) is 11.5 Å². The van der Waals surface area contributed by atoms with Crippen molar-refractivity contribution in [2.75, 3.05) is 26.8 Å². The van der Waals surface area contributed by atoms with Crippen LogP contribution in [-0.4, -0.2) is 60.6 Å². The third kappa shape index (κ3) is 4.59. The molecule has 2 atom stereocenters. The zero-order chi connectivity index (χ0) is 23.5. The number of ether oxygens (including phenoxy) is 3. The standard InChI is InChI=1S/C26H30N2O5/c1-5-32-21-12-10-19(11-13-21)23-24(27-14-17(2)33-18(3)15-27)26(30)28(25(23)29)16-20-8-6-7-9-22(20)31-4/h6-13,17-18H,5,14-16H2,1-4H3. The molecule has 7 heteroatoms. The molecule has 2 aromatic rings. The molecule has 0 aliphatic carbocycles. The van der Waals surface area contributed by atoms with Crippen molar-refractivity contribution < 1.29 is 23.8 Å². The van der Waals surface area contributed by atoms with Crippen molar-refractivity contribution in [3.05, 3.63) is 65.4 Å². The molecule has 2 aromatic carbocycles. The Hall–Kier alpha value is -3.32. The van der Waals surface area contributed by atoms with Crippen molar-refractivity contribution >= 4 is 17.4 Å². The second kappa shape index (κ2) is 9.67. The van der Waals surface area contributed by atoms with Gasteiger partial charge in [0.25, 0.3) is 11.8 Å². The number of para-hydroxylation sites is 1. The third-order valence-corrected chi connectivity index (χ3v) is 5.85. The summed E-state index contributed by atoms with van der Waals surface area (Å²) in [5, 5.41) is 0. The first-order chi connectivity index (χ1) is 15.9. The van der Waals surface area contributed by atoms with Crippen LogP contribution in [0.25, 0.3) is 5.57 Å². The van der Waals surface area contributed by atoms with E-state index < -0.39 is 0 Å². The van der Waals surface area contributed by atoms with Gasteiger partial charge in [0.2, 0.25) is 0 Å². The molecule has 174 valence electrons. The minimum atomic E-state index is -0.308. The summed E-state index contributed by atoms with van der Waals surface area (Å²) in [6.45, 7) is 7.66. The number of hydrogen-bond donors (Lipinski definition) is 0. The number of benzene rings is 2. The number of carbonyl (C=O) groups excluding carboxylic acids is 2. The summed E-state index contributed by atoms with van der Waals surface area (Å²) >= 11 is 0. The zero-order valence-corrected chi connectivity index (χ0v) is 19.5. The van der Waals surface area contributed by atoms with Crippen molar-refractivity contribution in [1.82, 2.24) is 9.80 Å². The van der Waals surface area contributed by atoms with E-state index in [4.69, 9.17) is 14.2 Å². The van der Waals surface area contributed by atoms with Crippen LogP contribution in [0.2, 0.25) is 0 Å². The molecule has 2 unspecified atom stereocenters. The van der Waals surface area contributed by atoms with Crippen molar-refractivity contribution in [1.29, 1.82) is 0 Å². The van der Waals surface area contributed by atoms with Gasteiger partial charge in [-0.25, -0.2) is 0 Å². The van der Waals surface area contributed by atoms with Gasteiger partial charge in [0.15, 0.2) is 0 Å². The molecule has 0 N–H and O–H groups in total. The van der Waals surface area contributed by atoms with E-state index in [1.807, 2.05) is 74.2 Å². The van der Waals surface area contributed by atoms with Crippen molar-refractivity contribution in [3.63, 3.8) is 0 Å². The maximum Gasteiger partial charge on any atom is 0.278 e. The fraction of sp³-hybridized carbons (Fsp3) is 0.385. The molecule has 1 saturated heterocycles. The molecular weight excluding hydrogens is 420 g/mol. The van der Waals surface area contributed by atoms with E-state index in [0.717, 1.165) is 11.3 Å². The molecule has 2 aliphatic heterocycles. The Kier molecular flexibility index (Phi) is 6.70. The lowest BCUT2D eigenvalue weighted by atomic mass is 10.0. The lowest BCUT2D eigenvalue weighted by molar-refractivity contribution is -0.139. The number of hydrogen-bond acceptors (Lipinski definition) is 6. The molecule has 0 spiro atoms. The first-order valence-corrected chi connectivity index (χ1v) is 11.3. The average molecular weight is 451 g/mol. The maximum atomic E-state index is 13.7. The second-order valence-electron chi connectivity index (χ2n) is 8.35.